The van der Waals surface area contributed by atoms with Gasteiger partial charge >= 0.3 is 0 Å². The van der Waals surface area contributed by atoms with Crippen molar-refractivity contribution in [2.75, 3.05) is 0 Å². The van der Waals surface area contributed by atoms with Crippen LogP contribution < -0.4 is 0 Å². The average molecular weight is 280 g/mol. The van der Waals surface area contributed by atoms with E-state index < -0.39 is 0 Å². The van der Waals surface area contributed by atoms with Crippen LogP contribution in [0.25, 0.3) is 0 Å². The van der Waals surface area contributed by atoms with E-state index in [1.54, 1.807) is 0 Å². The highest BCUT2D eigenvalue weighted by atomic mass is 14.4. The molecular weight excluding hydrogens is 252 g/mol. The Morgan fingerprint density at radius 3 is 2.33 bits per heavy atom. The highest BCUT2D eigenvalue weighted by Crippen LogP contribution is 2.50. The SMILES string of the molecule is C=C=C=C1CC2CC(CCC3CCC(C=C=C)C3)CC2C1. The lowest BCUT2D eigenvalue weighted by Gasteiger charge is -2.15. The van der Waals surface area contributed by atoms with Gasteiger partial charge in [-0.15, -0.1) is 5.73 Å². The largest absolute Gasteiger partial charge is 0.133 e. The van der Waals surface area contributed by atoms with E-state index >= 15 is 0 Å². The van der Waals surface area contributed by atoms with Gasteiger partial charge in [0.05, 0.1) is 0 Å². The van der Waals surface area contributed by atoms with Crippen molar-refractivity contribution in [3.8, 4) is 0 Å². The van der Waals surface area contributed by atoms with Crippen molar-refractivity contribution in [3.05, 3.63) is 42.0 Å². The Morgan fingerprint density at radius 2 is 1.67 bits per heavy atom. The van der Waals surface area contributed by atoms with Crippen LogP contribution in [0.5, 0.6) is 0 Å². The van der Waals surface area contributed by atoms with E-state index in [0.29, 0.717) is 0 Å². The summed E-state index contributed by atoms with van der Waals surface area (Å²) < 4.78 is 0. The van der Waals surface area contributed by atoms with Crippen molar-refractivity contribution >= 4 is 0 Å². The van der Waals surface area contributed by atoms with Crippen LogP contribution >= 0.6 is 0 Å². The minimum absolute atomic E-state index is 0.772. The third kappa shape index (κ3) is 3.53. The molecule has 112 valence electrons. The summed E-state index contributed by atoms with van der Waals surface area (Å²) in [5.74, 6) is 4.65. The maximum Gasteiger partial charge on any atom is -0.0155 e. The number of hydrogen-bond acceptors (Lipinski definition) is 0. The number of allylic oxidation sites excluding steroid dienone is 2. The lowest BCUT2D eigenvalue weighted by atomic mass is 9.91. The van der Waals surface area contributed by atoms with E-state index in [2.05, 4.69) is 36.4 Å². The Bertz CT molecular complexity index is 490. The molecule has 0 aromatic heterocycles. The molecule has 0 bridgehead atoms. The quantitative estimate of drug-likeness (QED) is 0.569. The summed E-state index contributed by atoms with van der Waals surface area (Å²) in [5, 5.41) is 0. The molecule has 0 spiro atoms. The van der Waals surface area contributed by atoms with E-state index in [1.165, 1.54) is 63.4 Å². The molecule has 0 heteroatoms. The first kappa shape index (κ1) is 14.7. The predicted octanol–water partition coefficient (Wildman–Crippen LogP) is 5.83. The Kier molecular flexibility index (Phi) is 4.72. The fourth-order valence-electron chi connectivity index (χ4n) is 5.18. The van der Waals surface area contributed by atoms with E-state index in [1.807, 2.05) is 0 Å². The molecule has 0 saturated heterocycles. The molecule has 0 amide bonds. The first-order chi connectivity index (χ1) is 10.3. The average Bonchev–Trinajstić information content (AvgIpc) is 3.12. The zero-order valence-electron chi connectivity index (χ0n) is 13.2. The molecule has 0 nitrogen and oxygen atoms in total. The van der Waals surface area contributed by atoms with Crippen LogP contribution in [0.15, 0.2) is 42.0 Å². The van der Waals surface area contributed by atoms with Gasteiger partial charge in [-0.25, -0.2) is 0 Å². The zero-order chi connectivity index (χ0) is 14.7. The summed E-state index contributed by atoms with van der Waals surface area (Å²) >= 11 is 0. The topological polar surface area (TPSA) is 0 Å². The molecule has 3 aliphatic carbocycles. The molecule has 3 saturated carbocycles. The Labute approximate surface area is 130 Å². The normalized spacial score (nSPS) is 37.7. The molecular formula is C21H28. The molecule has 3 aliphatic rings. The summed E-state index contributed by atoms with van der Waals surface area (Å²) in [6, 6.07) is 0. The summed E-state index contributed by atoms with van der Waals surface area (Å²) in [7, 11) is 0. The fraction of sp³-hybridized carbons (Fsp3) is 0.667. The monoisotopic (exact) mass is 280 g/mol. The first-order valence-corrected chi connectivity index (χ1v) is 8.77. The highest BCUT2D eigenvalue weighted by molar-refractivity contribution is 5.12. The van der Waals surface area contributed by atoms with Gasteiger partial charge < -0.3 is 0 Å². The van der Waals surface area contributed by atoms with Gasteiger partial charge in [0.2, 0.25) is 0 Å². The van der Waals surface area contributed by atoms with Crippen LogP contribution in [0.4, 0.5) is 0 Å². The Hall–Kier alpha value is -1.18. The van der Waals surface area contributed by atoms with Crippen LogP contribution in [0.3, 0.4) is 0 Å². The van der Waals surface area contributed by atoms with Crippen molar-refractivity contribution in [2.45, 2.75) is 57.8 Å². The van der Waals surface area contributed by atoms with Crippen LogP contribution in [0, 0.1) is 29.6 Å². The highest BCUT2D eigenvalue weighted by Gasteiger charge is 2.39. The number of rotatable bonds is 4. The molecule has 4 atom stereocenters. The zero-order valence-corrected chi connectivity index (χ0v) is 13.2. The van der Waals surface area contributed by atoms with Crippen molar-refractivity contribution < 1.29 is 0 Å². The lowest BCUT2D eigenvalue weighted by molar-refractivity contribution is 0.384. The van der Waals surface area contributed by atoms with E-state index in [9.17, 15) is 0 Å². The van der Waals surface area contributed by atoms with Gasteiger partial charge in [0.15, 0.2) is 0 Å². The van der Waals surface area contributed by atoms with E-state index in [0.717, 1.165) is 29.6 Å². The van der Waals surface area contributed by atoms with Crippen LogP contribution in [-0.2, 0) is 0 Å². The van der Waals surface area contributed by atoms with Crippen LogP contribution in [0.2, 0.25) is 0 Å². The number of hydrogen-bond donors (Lipinski definition) is 0. The van der Waals surface area contributed by atoms with Crippen molar-refractivity contribution in [1.82, 2.24) is 0 Å². The van der Waals surface area contributed by atoms with Crippen molar-refractivity contribution in [2.24, 2.45) is 29.6 Å². The van der Waals surface area contributed by atoms with Gasteiger partial charge in [-0.2, -0.15) is 0 Å². The molecule has 0 aromatic rings. The Balaban J connectivity index is 1.42. The van der Waals surface area contributed by atoms with Crippen molar-refractivity contribution in [3.63, 3.8) is 0 Å². The van der Waals surface area contributed by atoms with Gasteiger partial charge in [-0.3, -0.25) is 0 Å². The number of fused-ring (bicyclic) bond motifs is 1. The maximum atomic E-state index is 3.71. The van der Waals surface area contributed by atoms with Crippen LogP contribution in [0.1, 0.15) is 57.8 Å². The molecule has 4 unspecified atom stereocenters. The predicted molar refractivity (Wildman–Crippen MR) is 88.9 cm³/mol. The van der Waals surface area contributed by atoms with Gasteiger partial charge in [0.25, 0.3) is 0 Å². The molecule has 3 fully saturated rings. The second-order valence-corrected chi connectivity index (χ2v) is 7.56. The van der Waals surface area contributed by atoms with Crippen LogP contribution in [-0.4, -0.2) is 0 Å². The smallest absolute Gasteiger partial charge is 0.0155 e. The van der Waals surface area contributed by atoms with E-state index in [-0.39, 0.29) is 0 Å². The molecule has 0 radical (unpaired) electrons. The molecule has 0 aliphatic heterocycles. The Morgan fingerprint density at radius 1 is 0.952 bits per heavy atom. The standard InChI is InChI=1S/C21H28/c1-3-5-16-7-8-17(11-16)9-10-19-14-20-12-18(6-4-2)13-21(20)15-19/h5,16-17,19-21H,1-2,7-15H2. The second kappa shape index (κ2) is 6.72. The first-order valence-electron chi connectivity index (χ1n) is 8.77. The van der Waals surface area contributed by atoms with Gasteiger partial charge in [0, 0.05) is 0 Å². The van der Waals surface area contributed by atoms with Gasteiger partial charge in [0.1, 0.15) is 0 Å². The second-order valence-electron chi connectivity index (χ2n) is 7.56. The van der Waals surface area contributed by atoms with Crippen molar-refractivity contribution in [1.29, 1.82) is 0 Å². The molecule has 21 heavy (non-hydrogen) atoms. The summed E-state index contributed by atoms with van der Waals surface area (Å²) in [6.07, 6.45) is 14.8. The van der Waals surface area contributed by atoms with Gasteiger partial charge in [-0.1, -0.05) is 30.9 Å². The van der Waals surface area contributed by atoms with Gasteiger partial charge in [-0.05, 0) is 92.8 Å². The summed E-state index contributed by atoms with van der Waals surface area (Å²) in [6.45, 7) is 7.37. The minimum atomic E-state index is 0.772. The molecule has 0 N–H and O–H groups in total. The fourth-order valence-corrected chi connectivity index (χ4v) is 5.18. The molecule has 3 rings (SSSR count). The summed E-state index contributed by atoms with van der Waals surface area (Å²) in [5.41, 5.74) is 10.5. The minimum Gasteiger partial charge on any atom is -0.133 e. The summed E-state index contributed by atoms with van der Waals surface area (Å²) in [4.78, 5) is 0. The molecule has 0 heterocycles. The third-order valence-corrected chi connectivity index (χ3v) is 6.14. The lowest BCUT2D eigenvalue weighted by Crippen LogP contribution is -2.02. The van der Waals surface area contributed by atoms with E-state index in [4.69, 9.17) is 0 Å². The molecule has 0 aromatic carbocycles. The maximum absolute atomic E-state index is 3.71. The third-order valence-electron chi connectivity index (χ3n) is 6.14.